The Bertz CT molecular complexity index is 238. The second kappa shape index (κ2) is 3.93. The summed E-state index contributed by atoms with van der Waals surface area (Å²) >= 11 is 3.28. The molecule has 1 rings (SSSR count). The molecule has 0 heterocycles. The number of allylic oxidation sites excluding steroid dienone is 1. The van der Waals surface area contributed by atoms with E-state index in [1.54, 1.807) is 0 Å². The quantitative estimate of drug-likeness (QED) is 0.700. The Morgan fingerprint density at radius 2 is 2.23 bits per heavy atom. The Hall–Kier alpha value is -0.150. The average molecular weight is 247 g/mol. The van der Waals surface area contributed by atoms with Crippen molar-refractivity contribution in [3.05, 3.63) is 11.6 Å². The smallest absolute Gasteiger partial charge is 0.162 e. The fraction of sp³-hybridized carbons (Fsp3) is 0.700. The number of carbonyl (C=O) groups is 1. The Kier molecular flexibility index (Phi) is 3.30. The molecule has 0 saturated carbocycles. The van der Waals surface area contributed by atoms with Crippen LogP contribution < -0.4 is 0 Å². The van der Waals surface area contributed by atoms with Gasteiger partial charge in [0.2, 0.25) is 0 Å². The summed E-state index contributed by atoms with van der Waals surface area (Å²) in [6.07, 6.45) is 2.39. The molecule has 1 aliphatic rings. The second-order valence-corrected chi connectivity index (χ2v) is 4.78. The molecule has 74 valence electrons. The maximum atomic E-state index is 11.3. The zero-order chi connectivity index (χ0) is 10.1. The summed E-state index contributed by atoms with van der Waals surface area (Å²) in [4.78, 5) is 11.3. The van der Waals surface area contributed by atoms with E-state index in [0.717, 1.165) is 5.57 Å². The Labute approximate surface area is 87.5 Å². The minimum Gasteiger partial charge on any atom is -0.368 e. The number of rotatable bonds is 2. The first-order valence-electron chi connectivity index (χ1n) is 4.40. The van der Waals surface area contributed by atoms with Crippen LogP contribution in [0.4, 0.5) is 0 Å². The summed E-state index contributed by atoms with van der Waals surface area (Å²) in [7, 11) is 0. The van der Waals surface area contributed by atoms with E-state index in [1.807, 2.05) is 26.8 Å². The largest absolute Gasteiger partial charge is 0.368 e. The van der Waals surface area contributed by atoms with E-state index in [0.29, 0.717) is 11.8 Å². The highest BCUT2D eigenvalue weighted by Gasteiger charge is 2.27. The molecule has 0 N–H and O–H groups in total. The van der Waals surface area contributed by atoms with Crippen LogP contribution in [0.2, 0.25) is 0 Å². The maximum Gasteiger partial charge on any atom is 0.162 e. The number of hydrogen-bond donors (Lipinski definition) is 0. The van der Waals surface area contributed by atoms with Gasteiger partial charge in [0.05, 0.1) is 11.7 Å². The van der Waals surface area contributed by atoms with Gasteiger partial charge >= 0.3 is 0 Å². The third-order valence-corrected chi connectivity index (χ3v) is 2.38. The number of ketones is 1. The lowest BCUT2D eigenvalue weighted by Crippen LogP contribution is -2.25. The van der Waals surface area contributed by atoms with Crippen LogP contribution in [0.25, 0.3) is 0 Å². The molecule has 3 heteroatoms. The molecule has 1 aliphatic carbocycles. The summed E-state index contributed by atoms with van der Waals surface area (Å²) in [5, 5.41) is 0.635. The maximum absolute atomic E-state index is 11.3. The summed E-state index contributed by atoms with van der Waals surface area (Å²) < 4.78 is 5.68. The molecule has 0 spiro atoms. The van der Waals surface area contributed by atoms with E-state index >= 15 is 0 Å². The molecule has 0 amide bonds. The lowest BCUT2D eigenvalue weighted by Gasteiger charge is -2.23. The molecule has 0 fully saturated rings. The minimum atomic E-state index is -0.177. The minimum absolute atomic E-state index is 0.0277. The molecule has 0 aromatic carbocycles. The summed E-state index contributed by atoms with van der Waals surface area (Å²) in [6.45, 7) is 5.99. The number of halogens is 1. The molecule has 0 aromatic rings. The zero-order valence-corrected chi connectivity index (χ0v) is 9.85. The van der Waals surface area contributed by atoms with Gasteiger partial charge in [0, 0.05) is 17.3 Å². The Morgan fingerprint density at radius 1 is 1.62 bits per heavy atom. The first kappa shape index (κ1) is 10.9. The van der Waals surface area contributed by atoms with Crippen LogP contribution in [-0.2, 0) is 9.53 Å². The normalized spacial score (nSPS) is 23.5. The highest BCUT2D eigenvalue weighted by atomic mass is 79.9. The van der Waals surface area contributed by atoms with Gasteiger partial charge in [-0.1, -0.05) is 15.9 Å². The number of Topliss-reactive ketones (excluding diaryl/α,β-unsaturated/α-hetero) is 1. The molecule has 0 aromatic heterocycles. The van der Waals surface area contributed by atoms with Gasteiger partial charge in [-0.3, -0.25) is 4.79 Å². The van der Waals surface area contributed by atoms with Crippen molar-refractivity contribution in [2.75, 3.05) is 5.33 Å². The van der Waals surface area contributed by atoms with Crippen LogP contribution in [0, 0.1) is 0 Å². The van der Waals surface area contributed by atoms with Crippen molar-refractivity contribution in [1.82, 2.24) is 0 Å². The summed E-state index contributed by atoms with van der Waals surface area (Å²) in [5.41, 5.74) is 0.665. The van der Waals surface area contributed by atoms with E-state index < -0.39 is 0 Å². The topological polar surface area (TPSA) is 26.3 Å². The number of hydrogen-bond acceptors (Lipinski definition) is 2. The highest BCUT2D eigenvalue weighted by molar-refractivity contribution is 9.09. The monoisotopic (exact) mass is 246 g/mol. The molecule has 2 nitrogen and oxygen atoms in total. The predicted octanol–water partition coefficient (Wildman–Crippen LogP) is 2.46. The number of ether oxygens (including phenoxy) is 1. The van der Waals surface area contributed by atoms with Gasteiger partial charge in [-0.05, 0) is 26.8 Å². The van der Waals surface area contributed by atoms with E-state index in [2.05, 4.69) is 15.9 Å². The van der Waals surface area contributed by atoms with Crippen molar-refractivity contribution in [1.29, 1.82) is 0 Å². The third-order valence-electron chi connectivity index (χ3n) is 1.78. The first-order valence-corrected chi connectivity index (χ1v) is 5.52. The summed E-state index contributed by atoms with van der Waals surface area (Å²) in [5.74, 6) is 0.200. The molecule has 1 unspecified atom stereocenters. The van der Waals surface area contributed by atoms with Crippen molar-refractivity contribution >= 4 is 21.7 Å². The molecule has 0 radical (unpaired) electrons. The van der Waals surface area contributed by atoms with Gasteiger partial charge in [0.15, 0.2) is 5.78 Å². The van der Waals surface area contributed by atoms with Gasteiger partial charge in [-0.15, -0.1) is 0 Å². The van der Waals surface area contributed by atoms with E-state index in [9.17, 15) is 4.79 Å². The van der Waals surface area contributed by atoms with Crippen LogP contribution in [0.3, 0.4) is 0 Å². The van der Waals surface area contributed by atoms with E-state index in [1.165, 1.54) is 0 Å². The van der Waals surface area contributed by atoms with Crippen molar-refractivity contribution in [3.8, 4) is 0 Å². The molecular formula is C10H15BrO2. The third kappa shape index (κ3) is 3.24. The Morgan fingerprint density at radius 3 is 2.62 bits per heavy atom. The van der Waals surface area contributed by atoms with Gasteiger partial charge in [-0.25, -0.2) is 0 Å². The van der Waals surface area contributed by atoms with Crippen molar-refractivity contribution in [3.63, 3.8) is 0 Å². The zero-order valence-electron chi connectivity index (χ0n) is 8.26. The molecule has 0 bridgehead atoms. The van der Waals surface area contributed by atoms with Gasteiger partial charge in [-0.2, -0.15) is 0 Å². The van der Waals surface area contributed by atoms with E-state index in [-0.39, 0.29) is 17.5 Å². The fourth-order valence-corrected chi connectivity index (χ4v) is 1.84. The van der Waals surface area contributed by atoms with Crippen LogP contribution in [0.1, 0.15) is 27.2 Å². The average Bonchev–Trinajstić information content (AvgIpc) is 2.26. The Balaban J connectivity index is 2.58. The van der Waals surface area contributed by atoms with E-state index in [4.69, 9.17) is 4.74 Å². The molecule has 1 atom stereocenters. The van der Waals surface area contributed by atoms with Crippen molar-refractivity contribution in [2.45, 2.75) is 38.9 Å². The van der Waals surface area contributed by atoms with Gasteiger partial charge in [0.25, 0.3) is 0 Å². The SMILES string of the molecule is CC(C)(C)OC1C=C(CBr)C(=O)C1. The highest BCUT2D eigenvalue weighted by Crippen LogP contribution is 2.23. The number of alkyl halides is 1. The van der Waals surface area contributed by atoms with Gasteiger partial charge < -0.3 is 4.74 Å². The molecule has 0 aliphatic heterocycles. The van der Waals surface area contributed by atoms with Crippen LogP contribution >= 0.6 is 15.9 Å². The van der Waals surface area contributed by atoms with Gasteiger partial charge in [0.1, 0.15) is 0 Å². The van der Waals surface area contributed by atoms with Crippen molar-refractivity contribution in [2.24, 2.45) is 0 Å². The standard InChI is InChI=1S/C10H15BrO2/c1-10(2,3)13-8-4-7(6-11)9(12)5-8/h4,8H,5-6H2,1-3H3. The van der Waals surface area contributed by atoms with Crippen LogP contribution in [-0.4, -0.2) is 22.8 Å². The number of carbonyl (C=O) groups excluding carboxylic acids is 1. The second-order valence-electron chi connectivity index (χ2n) is 4.22. The lowest BCUT2D eigenvalue weighted by molar-refractivity contribution is -0.117. The molecule has 0 saturated heterocycles. The lowest BCUT2D eigenvalue weighted by atomic mass is 10.2. The van der Waals surface area contributed by atoms with Crippen LogP contribution in [0.5, 0.6) is 0 Å². The fourth-order valence-electron chi connectivity index (χ4n) is 1.34. The molecule has 13 heavy (non-hydrogen) atoms. The first-order chi connectivity index (χ1) is 5.92. The molecular weight excluding hydrogens is 232 g/mol. The predicted molar refractivity (Wildman–Crippen MR) is 56.1 cm³/mol. The van der Waals surface area contributed by atoms with Crippen LogP contribution in [0.15, 0.2) is 11.6 Å². The summed E-state index contributed by atoms with van der Waals surface area (Å²) in [6, 6.07) is 0. The van der Waals surface area contributed by atoms with Crippen molar-refractivity contribution < 1.29 is 9.53 Å².